The molecule has 3 aliphatic heterocycles. The molecule has 138 valence electrons. The molecule has 0 aliphatic carbocycles. The maximum absolute atomic E-state index is 12.6. The topological polar surface area (TPSA) is 57.8 Å². The lowest BCUT2D eigenvalue weighted by molar-refractivity contribution is -0.159. The molecule has 1 aromatic carbocycles. The van der Waals surface area contributed by atoms with E-state index in [1.807, 2.05) is 6.20 Å². The number of rotatable bonds is 3. The highest BCUT2D eigenvalue weighted by Gasteiger charge is 2.45. The molecule has 0 radical (unpaired) electrons. The molecule has 3 fully saturated rings. The monoisotopic (exact) mass is 355 g/mol. The summed E-state index contributed by atoms with van der Waals surface area (Å²) in [5.41, 5.74) is 2.50. The molecule has 0 bridgehead atoms. The van der Waals surface area contributed by atoms with Gasteiger partial charge in [0.05, 0.1) is 12.1 Å². The molecule has 3 aliphatic rings. The van der Waals surface area contributed by atoms with Crippen molar-refractivity contribution >= 4 is 16.8 Å². The van der Waals surface area contributed by atoms with Gasteiger partial charge in [0.2, 0.25) is 5.91 Å². The lowest BCUT2D eigenvalue weighted by Gasteiger charge is -2.43. The Hall–Kier alpha value is -1.89. The fraction of sp³-hybridized carbons (Fsp3) is 0.550. The number of nitrogens with zero attached hydrogens (tertiary/aromatic N) is 2. The number of carbonyl (C=O) groups is 1. The Labute approximate surface area is 153 Å². The fourth-order valence-corrected chi connectivity index (χ4v) is 4.80. The van der Waals surface area contributed by atoms with Gasteiger partial charge in [-0.3, -0.25) is 9.69 Å². The Bertz CT molecular complexity index is 798. The minimum Gasteiger partial charge on any atom is -0.381 e. The van der Waals surface area contributed by atoms with E-state index in [0.29, 0.717) is 6.04 Å². The number of benzene rings is 1. The van der Waals surface area contributed by atoms with E-state index in [4.69, 9.17) is 9.47 Å². The van der Waals surface area contributed by atoms with Crippen LogP contribution in [0.3, 0.4) is 0 Å². The number of aromatic amines is 1. The van der Waals surface area contributed by atoms with Crippen molar-refractivity contribution in [1.82, 2.24) is 14.8 Å². The van der Waals surface area contributed by atoms with Gasteiger partial charge in [-0.15, -0.1) is 0 Å². The van der Waals surface area contributed by atoms with Crippen LogP contribution in [-0.4, -0.2) is 71.8 Å². The molecule has 1 aromatic heterocycles. The van der Waals surface area contributed by atoms with Crippen molar-refractivity contribution in [3.05, 3.63) is 36.0 Å². The summed E-state index contributed by atoms with van der Waals surface area (Å²) in [4.78, 5) is 20.4. The molecule has 1 N–H and O–H groups in total. The van der Waals surface area contributed by atoms with Crippen molar-refractivity contribution in [3.8, 4) is 0 Å². The first-order valence-corrected chi connectivity index (χ1v) is 9.57. The fourth-order valence-electron chi connectivity index (χ4n) is 4.80. The Morgan fingerprint density at radius 2 is 2.04 bits per heavy atom. The van der Waals surface area contributed by atoms with Crippen molar-refractivity contribution in [1.29, 1.82) is 0 Å². The van der Waals surface area contributed by atoms with Crippen LogP contribution < -0.4 is 0 Å². The summed E-state index contributed by atoms with van der Waals surface area (Å²) in [5, 5.41) is 1.28. The summed E-state index contributed by atoms with van der Waals surface area (Å²) >= 11 is 0. The second kappa shape index (κ2) is 6.68. The predicted molar refractivity (Wildman–Crippen MR) is 97.8 cm³/mol. The highest BCUT2D eigenvalue weighted by Crippen LogP contribution is 2.30. The van der Waals surface area contributed by atoms with Crippen LogP contribution in [-0.2, 0) is 20.8 Å². The number of carbonyl (C=O) groups excluding carboxylic acids is 1. The first-order chi connectivity index (χ1) is 12.8. The molecule has 1 amide bonds. The smallest absolute Gasteiger partial charge is 0.249 e. The van der Waals surface area contributed by atoms with Crippen LogP contribution in [0.15, 0.2) is 30.5 Å². The first-order valence-electron chi connectivity index (χ1n) is 9.57. The van der Waals surface area contributed by atoms with Crippen LogP contribution in [0, 0.1) is 0 Å². The highest BCUT2D eigenvalue weighted by molar-refractivity contribution is 5.82. The van der Waals surface area contributed by atoms with Gasteiger partial charge in [0, 0.05) is 56.0 Å². The number of amides is 1. The van der Waals surface area contributed by atoms with Gasteiger partial charge in [0.1, 0.15) is 6.61 Å². The van der Waals surface area contributed by atoms with Gasteiger partial charge in [-0.2, -0.15) is 0 Å². The number of nitrogens with one attached hydrogen (secondary N) is 1. The van der Waals surface area contributed by atoms with E-state index in [-0.39, 0.29) is 24.7 Å². The summed E-state index contributed by atoms with van der Waals surface area (Å²) in [6.45, 7) is 4.39. The summed E-state index contributed by atoms with van der Waals surface area (Å²) in [6.07, 6.45) is 4.00. The van der Waals surface area contributed by atoms with E-state index >= 15 is 0 Å². The number of morpholine rings is 1. The third-order valence-corrected chi connectivity index (χ3v) is 6.04. The number of fused-ring (bicyclic) bond motifs is 2. The Morgan fingerprint density at radius 1 is 1.15 bits per heavy atom. The number of H-pyrrole nitrogens is 1. The molecule has 0 spiro atoms. The Morgan fingerprint density at radius 3 is 2.92 bits per heavy atom. The number of aromatic nitrogens is 1. The van der Waals surface area contributed by atoms with Crippen molar-refractivity contribution in [2.45, 2.75) is 37.6 Å². The largest absolute Gasteiger partial charge is 0.381 e. The van der Waals surface area contributed by atoms with Crippen LogP contribution in [0.1, 0.15) is 18.4 Å². The molecular formula is C20H25N3O3. The number of ether oxygens (including phenoxy) is 2. The molecule has 2 aromatic rings. The molecule has 3 saturated heterocycles. The predicted octanol–water partition coefficient (Wildman–Crippen LogP) is 1.76. The van der Waals surface area contributed by atoms with Crippen molar-refractivity contribution in [2.75, 3.05) is 32.9 Å². The van der Waals surface area contributed by atoms with Crippen LogP contribution in [0.5, 0.6) is 0 Å². The second-order valence-electron chi connectivity index (χ2n) is 7.61. The zero-order chi connectivity index (χ0) is 17.5. The number of hydrogen-bond donors (Lipinski definition) is 1. The van der Waals surface area contributed by atoms with Gasteiger partial charge in [-0.05, 0) is 30.5 Å². The Kier molecular flexibility index (Phi) is 4.19. The SMILES string of the molecule is O=C1CO[C@H]2CN(Cc3cccc4[nH]ccc34)C[C@@H]2N1C1CCOCC1. The lowest BCUT2D eigenvalue weighted by Crippen LogP contribution is -2.58. The Balaban J connectivity index is 1.34. The summed E-state index contributed by atoms with van der Waals surface area (Å²) < 4.78 is 11.4. The first kappa shape index (κ1) is 16.3. The lowest BCUT2D eigenvalue weighted by atomic mass is 10.0. The quantitative estimate of drug-likeness (QED) is 0.912. The molecule has 6 nitrogen and oxygen atoms in total. The minimum absolute atomic E-state index is 0.126. The van der Waals surface area contributed by atoms with Gasteiger partial charge in [0.25, 0.3) is 0 Å². The molecule has 0 unspecified atom stereocenters. The molecule has 0 saturated carbocycles. The van der Waals surface area contributed by atoms with Gasteiger partial charge in [-0.25, -0.2) is 0 Å². The maximum Gasteiger partial charge on any atom is 0.249 e. The van der Waals surface area contributed by atoms with E-state index < -0.39 is 0 Å². The highest BCUT2D eigenvalue weighted by atomic mass is 16.5. The van der Waals surface area contributed by atoms with E-state index in [1.165, 1.54) is 16.5 Å². The zero-order valence-corrected chi connectivity index (χ0v) is 14.9. The van der Waals surface area contributed by atoms with Crippen LogP contribution in [0.25, 0.3) is 10.9 Å². The average molecular weight is 355 g/mol. The van der Waals surface area contributed by atoms with Gasteiger partial charge < -0.3 is 19.4 Å². The third kappa shape index (κ3) is 2.82. The van der Waals surface area contributed by atoms with E-state index in [2.05, 4.69) is 39.0 Å². The van der Waals surface area contributed by atoms with Crippen LogP contribution >= 0.6 is 0 Å². The van der Waals surface area contributed by atoms with Crippen LogP contribution in [0.4, 0.5) is 0 Å². The van der Waals surface area contributed by atoms with Gasteiger partial charge in [-0.1, -0.05) is 12.1 Å². The average Bonchev–Trinajstić information content (AvgIpc) is 3.29. The minimum atomic E-state index is 0.126. The van der Waals surface area contributed by atoms with Gasteiger partial charge >= 0.3 is 0 Å². The molecule has 26 heavy (non-hydrogen) atoms. The molecule has 5 rings (SSSR count). The van der Waals surface area contributed by atoms with Crippen molar-refractivity contribution < 1.29 is 14.3 Å². The van der Waals surface area contributed by atoms with E-state index in [9.17, 15) is 4.79 Å². The maximum atomic E-state index is 12.6. The molecule has 6 heteroatoms. The van der Waals surface area contributed by atoms with Crippen molar-refractivity contribution in [3.63, 3.8) is 0 Å². The van der Waals surface area contributed by atoms with E-state index in [0.717, 1.165) is 45.7 Å². The summed E-state index contributed by atoms with van der Waals surface area (Å²) in [5.74, 6) is 0.146. The van der Waals surface area contributed by atoms with Crippen LogP contribution in [0.2, 0.25) is 0 Å². The summed E-state index contributed by atoms with van der Waals surface area (Å²) in [7, 11) is 0. The number of likely N-dealkylation sites (tertiary alicyclic amines) is 1. The van der Waals surface area contributed by atoms with Crippen molar-refractivity contribution in [2.24, 2.45) is 0 Å². The molecular weight excluding hydrogens is 330 g/mol. The standard InChI is InChI=1S/C20H25N3O3/c24-20-13-26-19-12-22(10-14-2-1-3-17-16(14)4-7-21-17)11-18(19)23(20)15-5-8-25-9-6-15/h1-4,7,15,18-19,21H,5-6,8-13H2/t18-,19-/m0/s1. The number of hydrogen-bond acceptors (Lipinski definition) is 4. The molecule has 4 heterocycles. The molecule has 2 atom stereocenters. The normalized spacial score (nSPS) is 28.0. The van der Waals surface area contributed by atoms with Gasteiger partial charge in [0.15, 0.2) is 0 Å². The third-order valence-electron chi connectivity index (χ3n) is 6.04. The summed E-state index contributed by atoms with van der Waals surface area (Å²) in [6, 6.07) is 9.02. The second-order valence-corrected chi connectivity index (χ2v) is 7.61. The zero-order valence-electron chi connectivity index (χ0n) is 14.9. The van der Waals surface area contributed by atoms with E-state index in [1.54, 1.807) is 0 Å².